The average molecular weight is 287 g/mol. The third-order valence-corrected chi connectivity index (χ3v) is 4.12. The zero-order valence-corrected chi connectivity index (χ0v) is 13.4. The number of hydrogen-bond donors (Lipinski definition) is 1. The van der Waals surface area contributed by atoms with Crippen molar-refractivity contribution in [1.29, 1.82) is 0 Å². The first-order valence-corrected chi connectivity index (χ1v) is 8.37. The highest BCUT2D eigenvalue weighted by molar-refractivity contribution is 4.81. The lowest BCUT2D eigenvalue weighted by Gasteiger charge is -2.36. The predicted molar refractivity (Wildman–Crippen MR) is 82.1 cm³/mol. The first kappa shape index (κ1) is 17.9. The van der Waals surface area contributed by atoms with Crippen LogP contribution in [0.5, 0.6) is 0 Å². The largest absolute Gasteiger partial charge is 0.391 e. The van der Waals surface area contributed by atoms with E-state index in [-0.39, 0.29) is 12.1 Å². The van der Waals surface area contributed by atoms with Gasteiger partial charge in [0.2, 0.25) is 0 Å². The van der Waals surface area contributed by atoms with Crippen LogP contribution in [0.3, 0.4) is 0 Å². The maximum atomic E-state index is 10.4. The van der Waals surface area contributed by atoms with E-state index in [1.54, 1.807) is 0 Å². The van der Waals surface area contributed by atoms with Crippen LogP contribution in [-0.2, 0) is 9.47 Å². The molecule has 1 N–H and O–H groups in total. The molecule has 0 amide bonds. The van der Waals surface area contributed by atoms with E-state index in [4.69, 9.17) is 9.47 Å². The maximum Gasteiger partial charge on any atom is 0.0695 e. The smallest absolute Gasteiger partial charge is 0.0695 e. The molecule has 1 rings (SSSR count). The molecule has 0 heterocycles. The summed E-state index contributed by atoms with van der Waals surface area (Å²) < 4.78 is 11.0. The van der Waals surface area contributed by atoms with Crippen LogP contribution in [0.4, 0.5) is 0 Å². The van der Waals surface area contributed by atoms with Crippen molar-refractivity contribution in [2.45, 2.75) is 64.5 Å². The molecule has 20 heavy (non-hydrogen) atoms. The molecule has 1 aliphatic rings. The topological polar surface area (TPSA) is 41.9 Å². The molecule has 1 saturated carbocycles. The van der Waals surface area contributed by atoms with Crippen molar-refractivity contribution in [1.82, 2.24) is 4.90 Å². The number of aliphatic hydroxyl groups excluding tert-OH is 1. The predicted octanol–water partition coefficient (Wildman–Crippen LogP) is 2.45. The summed E-state index contributed by atoms with van der Waals surface area (Å²) in [7, 11) is 0. The Morgan fingerprint density at radius 3 is 2.00 bits per heavy atom. The van der Waals surface area contributed by atoms with E-state index in [2.05, 4.69) is 4.90 Å². The van der Waals surface area contributed by atoms with Crippen molar-refractivity contribution in [3.8, 4) is 0 Å². The van der Waals surface area contributed by atoms with Crippen LogP contribution in [-0.4, -0.2) is 61.7 Å². The van der Waals surface area contributed by atoms with Gasteiger partial charge in [0.25, 0.3) is 0 Å². The van der Waals surface area contributed by atoms with E-state index in [0.29, 0.717) is 0 Å². The third kappa shape index (κ3) is 7.02. The Balaban J connectivity index is 2.51. The van der Waals surface area contributed by atoms with Crippen molar-refractivity contribution in [3.63, 3.8) is 0 Å². The zero-order valence-electron chi connectivity index (χ0n) is 13.4. The summed E-state index contributed by atoms with van der Waals surface area (Å²) in [5.74, 6) is 0. The molecule has 4 heteroatoms. The molecule has 4 nitrogen and oxygen atoms in total. The quantitative estimate of drug-likeness (QED) is 0.661. The molecule has 1 aliphatic carbocycles. The second kappa shape index (κ2) is 11.5. The van der Waals surface area contributed by atoms with Crippen molar-refractivity contribution < 1.29 is 14.6 Å². The van der Waals surface area contributed by atoms with Crippen LogP contribution in [0, 0.1) is 0 Å². The molecule has 0 aromatic carbocycles. The normalized spacial score (nSPS) is 24.6. The molecular weight excluding hydrogens is 254 g/mol. The Hall–Kier alpha value is -0.160. The molecule has 2 unspecified atom stereocenters. The SMILES string of the molecule is CCOCCN(CCOCC)C1CCCCCCC1O. The first-order chi connectivity index (χ1) is 9.79. The third-order valence-electron chi connectivity index (χ3n) is 4.12. The van der Waals surface area contributed by atoms with Gasteiger partial charge >= 0.3 is 0 Å². The maximum absolute atomic E-state index is 10.4. The summed E-state index contributed by atoms with van der Waals surface area (Å²) in [5, 5.41) is 10.4. The van der Waals surface area contributed by atoms with E-state index < -0.39 is 0 Å². The fraction of sp³-hybridized carbons (Fsp3) is 1.00. The lowest BCUT2D eigenvalue weighted by Crippen LogP contribution is -2.47. The number of aliphatic hydroxyl groups is 1. The van der Waals surface area contributed by atoms with E-state index in [0.717, 1.165) is 58.8 Å². The van der Waals surface area contributed by atoms with Gasteiger partial charge in [0.15, 0.2) is 0 Å². The minimum Gasteiger partial charge on any atom is -0.391 e. The first-order valence-electron chi connectivity index (χ1n) is 8.37. The van der Waals surface area contributed by atoms with Gasteiger partial charge in [0.1, 0.15) is 0 Å². The standard InChI is InChI=1S/C16H33NO3/c1-3-19-13-11-17(12-14-20-4-2)15-9-7-5-6-8-10-16(15)18/h15-16,18H,3-14H2,1-2H3. The Labute approximate surface area is 124 Å². The summed E-state index contributed by atoms with van der Waals surface area (Å²) >= 11 is 0. The van der Waals surface area contributed by atoms with Crippen LogP contribution in [0.2, 0.25) is 0 Å². The number of nitrogens with zero attached hydrogens (tertiary/aromatic N) is 1. The van der Waals surface area contributed by atoms with E-state index in [9.17, 15) is 5.11 Å². The summed E-state index contributed by atoms with van der Waals surface area (Å²) in [6, 6.07) is 0.274. The van der Waals surface area contributed by atoms with Crippen LogP contribution < -0.4 is 0 Å². The fourth-order valence-corrected chi connectivity index (χ4v) is 2.97. The lowest BCUT2D eigenvalue weighted by atomic mass is 9.93. The van der Waals surface area contributed by atoms with Crippen molar-refractivity contribution in [2.75, 3.05) is 39.5 Å². The van der Waals surface area contributed by atoms with Gasteiger partial charge in [-0.05, 0) is 26.7 Å². The highest BCUT2D eigenvalue weighted by Crippen LogP contribution is 2.22. The van der Waals surface area contributed by atoms with Crippen LogP contribution in [0.15, 0.2) is 0 Å². The number of hydrogen-bond acceptors (Lipinski definition) is 4. The summed E-state index contributed by atoms with van der Waals surface area (Å²) in [4.78, 5) is 2.38. The molecule has 0 bridgehead atoms. The van der Waals surface area contributed by atoms with Crippen LogP contribution >= 0.6 is 0 Å². The van der Waals surface area contributed by atoms with E-state index in [1.165, 1.54) is 19.3 Å². The molecule has 0 aromatic heterocycles. The molecule has 2 atom stereocenters. The van der Waals surface area contributed by atoms with Gasteiger partial charge in [0, 0.05) is 32.3 Å². The van der Waals surface area contributed by atoms with Gasteiger partial charge in [-0.15, -0.1) is 0 Å². The molecule has 0 aliphatic heterocycles. The summed E-state index contributed by atoms with van der Waals surface area (Å²) in [5.41, 5.74) is 0. The van der Waals surface area contributed by atoms with E-state index >= 15 is 0 Å². The summed E-state index contributed by atoms with van der Waals surface area (Å²) in [6.07, 6.45) is 6.78. The Bertz CT molecular complexity index is 216. The van der Waals surface area contributed by atoms with Gasteiger partial charge in [-0.25, -0.2) is 0 Å². The number of ether oxygens (including phenoxy) is 2. The highest BCUT2D eigenvalue weighted by Gasteiger charge is 2.26. The molecule has 1 fully saturated rings. The second-order valence-electron chi connectivity index (χ2n) is 5.56. The summed E-state index contributed by atoms with van der Waals surface area (Å²) in [6.45, 7) is 8.83. The minimum atomic E-state index is -0.196. The van der Waals surface area contributed by atoms with Gasteiger partial charge in [-0.3, -0.25) is 4.90 Å². The van der Waals surface area contributed by atoms with Crippen molar-refractivity contribution >= 4 is 0 Å². The second-order valence-corrected chi connectivity index (χ2v) is 5.56. The average Bonchev–Trinajstić information content (AvgIpc) is 2.43. The molecular formula is C16H33NO3. The van der Waals surface area contributed by atoms with Crippen molar-refractivity contribution in [2.24, 2.45) is 0 Å². The zero-order chi connectivity index (χ0) is 14.6. The molecule has 0 spiro atoms. The van der Waals surface area contributed by atoms with Gasteiger partial charge < -0.3 is 14.6 Å². The molecule has 0 saturated heterocycles. The fourth-order valence-electron chi connectivity index (χ4n) is 2.97. The Kier molecular flexibility index (Phi) is 10.3. The number of rotatable bonds is 9. The van der Waals surface area contributed by atoms with Crippen molar-refractivity contribution in [3.05, 3.63) is 0 Å². The van der Waals surface area contributed by atoms with E-state index in [1.807, 2.05) is 13.8 Å². The molecule has 0 aromatic rings. The van der Waals surface area contributed by atoms with Gasteiger partial charge in [0.05, 0.1) is 19.3 Å². The Morgan fingerprint density at radius 2 is 1.45 bits per heavy atom. The molecule has 120 valence electrons. The monoisotopic (exact) mass is 287 g/mol. The minimum absolute atomic E-state index is 0.196. The van der Waals surface area contributed by atoms with Gasteiger partial charge in [-0.1, -0.05) is 25.7 Å². The van der Waals surface area contributed by atoms with Crippen LogP contribution in [0.1, 0.15) is 52.4 Å². The van der Waals surface area contributed by atoms with Gasteiger partial charge in [-0.2, -0.15) is 0 Å². The lowest BCUT2D eigenvalue weighted by molar-refractivity contribution is 0.000487. The Morgan fingerprint density at radius 1 is 0.900 bits per heavy atom. The highest BCUT2D eigenvalue weighted by atomic mass is 16.5. The molecule has 0 radical (unpaired) electrons. The van der Waals surface area contributed by atoms with Crippen LogP contribution in [0.25, 0.3) is 0 Å².